The molecule has 2 N–H and O–H groups in total. The summed E-state index contributed by atoms with van der Waals surface area (Å²) in [6.07, 6.45) is 2.19. The molecule has 1 aromatic rings. The Labute approximate surface area is 137 Å². The third-order valence-electron chi connectivity index (χ3n) is 4.60. The van der Waals surface area contributed by atoms with Crippen LogP contribution in [0.5, 0.6) is 0 Å². The number of carbonyl (C=O) groups excluding carboxylic acids is 1. The van der Waals surface area contributed by atoms with Gasteiger partial charge in [0.15, 0.2) is 14.6 Å². The van der Waals surface area contributed by atoms with Gasteiger partial charge in [-0.05, 0) is 57.1 Å². The van der Waals surface area contributed by atoms with Crippen molar-refractivity contribution in [2.45, 2.75) is 42.2 Å². The van der Waals surface area contributed by atoms with Gasteiger partial charge in [0.2, 0.25) is 0 Å². The Kier molecular flexibility index (Phi) is 5.44. The molecule has 1 fully saturated rings. The fraction of sp³-hybridized carbons (Fsp3) is 0.562. The van der Waals surface area contributed by atoms with Gasteiger partial charge in [0.05, 0.1) is 4.90 Å². The van der Waals surface area contributed by atoms with Gasteiger partial charge in [0, 0.05) is 0 Å². The van der Waals surface area contributed by atoms with E-state index in [0.717, 1.165) is 18.4 Å². The lowest BCUT2D eigenvalue weighted by Crippen LogP contribution is -2.57. The van der Waals surface area contributed by atoms with Crippen molar-refractivity contribution in [3.8, 4) is 0 Å². The molecule has 0 atom stereocenters. The summed E-state index contributed by atoms with van der Waals surface area (Å²) in [6.45, 7) is 3.03. The lowest BCUT2D eigenvalue weighted by atomic mass is 9.95. The van der Waals surface area contributed by atoms with Gasteiger partial charge in [0.25, 0.3) is 5.91 Å². The molecule has 23 heavy (non-hydrogen) atoms. The first-order valence-corrected chi connectivity index (χ1v) is 9.32. The van der Waals surface area contributed by atoms with E-state index in [9.17, 15) is 13.2 Å². The van der Waals surface area contributed by atoms with E-state index in [1.54, 1.807) is 29.7 Å². The maximum Gasteiger partial charge on any atom is 0.265 e. The Bertz CT molecular complexity index is 647. The Morgan fingerprint density at radius 3 is 2.30 bits per heavy atom. The average molecular weight is 340 g/mol. The fourth-order valence-corrected chi connectivity index (χ4v) is 5.00. The van der Waals surface area contributed by atoms with Crippen LogP contribution in [-0.2, 0) is 21.1 Å². The average Bonchev–Trinajstić information content (AvgIpc) is 2.55. The van der Waals surface area contributed by atoms with Crippen molar-refractivity contribution in [2.24, 2.45) is 0 Å². The maximum atomic E-state index is 13.1. The summed E-state index contributed by atoms with van der Waals surface area (Å²) < 4.78 is 24.6. The number of carbonyl (C=O) groups is 1. The second kappa shape index (κ2) is 6.98. The Balaban J connectivity index is 2.42. The lowest BCUT2D eigenvalue weighted by molar-refractivity contribution is -0.133. The van der Waals surface area contributed by atoms with Crippen molar-refractivity contribution < 1.29 is 18.4 Å². The van der Waals surface area contributed by atoms with Gasteiger partial charge in [-0.25, -0.2) is 13.9 Å². The first-order chi connectivity index (χ1) is 10.9. The van der Waals surface area contributed by atoms with Crippen LogP contribution < -0.4 is 5.48 Å². The number of nitrogens with one attached hydrogen (secondary N) is 1. The molecule has 0 aliphatic carbocycles. The van der Waals surface area contributed by atoms with E-state index in [1.165, 1.54) is 0 Å². The number of piperidine rings is 1. The summed E-state index contributed by atoms with van der Waals surface area (Å²) in [5.74, 6) is -0.844. The monoisotopic (exact) mass is 340 g/mol. The second-order valence-corrected chi connectivity index (χ2v) is 8.40. The molecule has 0 unspecified atom stereocenters. The highest BCUT2D eigenvalue weighted by molar-refractivity contribution is 7.93. The summed E-state index contributed by atoms with van der Waals surface area (Å²) in [6, 6.07) is 6.70. The van der Waals surface area contributed by atoms with Gasteiger partial charge in [-0.1, -0.05) is 25.5 Å². The van der Waals surface area contributed by atoms with E-state index in [2.05, 4.69) is 6.92 Å². The van der Waals surface area contributed by atoms with Crippen LogP contribution in [0.25, 0.3) is 0 Å². The van der Waals surface area contributed by atoms with Crippen molar-refractivity contribution in [2.75, 3.05) is 20.1 Å². The molecule has 7 heteroatoms. The fourth-order valence-electron chi connectivity index (χ4n) is 3.05. The molecule has 128 valence electrons. The number of hydroxylamine groups is 1. The maximum absolute atomic E-state index is 13.1. The molecule has 1 aliphatic rings. The van der Waals surface area contributed by atoms with E-state index in [1.807, 2.05) is 11.9 Å². The minimum atomic E-state index is -3.89. The molecule has 0 aromatic heterocycles. The lowest BCUT2D eigenvalue weighted by Gasteiger charge is -2.38. The van der Waals surface area contributed by atoms with Crippen LogP contribution in [0, 0.1) is 0 Å². The van der Waals surface area contributed by atoms with Crippen molar-refractivity contribution >= 4 is 15.7 Å². The predicted molar refractivity (Wildman–Crippen MR) is 87.0 cm³/mol. The summed E-state index contributed by atoms with van der Waals surface area (Å²) in [7, 11) is -2.01. The van der Waals surface area contributed by atoms with Crippen molar-refractivity contribution in [1.29, 1.82) is 0 Å². The van der Waals surface area contributed by atoms with Crippen LogP contribution in [0.15, 0.2) is 29.2 Å². The topological polar surface area (TPSA) is 86.7 Å². The molecule has 2 rings (SSSR count). The number of aryl methyl sites for hydroxylation is 1. The largest absolute Gasteiger partial charge is 0.306 e. The second-order valence-electron chi connectivity index (χ2n) is 6.14. The van der Waals surface area contributed by atoms with Crippen molar-refractivity contribution in [1.82, 2.24) is 10.4 Å². The van der Waals surface area contributed by atoms with Gasteiger partial charge < -0.3 is 4.90 Å². The molecule has 1 saturated heterocycles. The SMILES string of the molecule is CCCc1ccc(S(=O)(=O)C2(C(=O)NO)CCN(C)CC2)cc1. The predicted octanol–water partition coefficient (Wildman–Crippen LogP) is 1.38. The number of hydrogen-bond donors (Lipinski definition) is 2. The van der Waals surface area contributed by atoms with Crippen LogP contribution in [0.1, 0.15) is 31.7 Å². The Hall–Kier alpha value is -1.44. The molecule has 0 spiro atoms. The van der Waals surface area contributed by atoms with Gasteiger partial charge >= 0.3 is 0 Å². The first-order valence-electron chi connectivity index (χ1n) is 7.84. The van der Waals surface area contributed by atoms with Crippen molar-refractivity contribution in [3.63, 3.8) is 0 Å². The van der Waals surface area contributed by atoms with Crippen LogP contribution >= 0.6 is 0 Å². The normalized spacial score (nSPS) is 18.6. The Morgan fingerprint density at radius 1 is 1.26 bits per heavy atom. The van der Waals surface area contributed by atoms with Gasteiger partial charge in [-0.3, -0.25) is 10.0 Å². The van der Waals surface area contributed by atoms with E-state index >= 15 is 0 Å². The van der Waals surface area contributed by atoms with E-state index in [-0.39, 0.29) is 17.7 Å². The molecule has 0 radical (unpaired) electrons. The van der Waals surface area contributed by atoms with Crippen LogP contribution in [0.4, 0.5) is 0 Å². The quantitative estimate of drug-likeness (QED) is 0.625. The highest BCUT2D eigenvalue weighted by Gasteiger charge is 2.52. The molecule has 1 amide bonds. The van der Waals surface area contributed by atoms with Gasteiger partial charge in [0.1, 0.15) is 0 Å². The highest BCUT2D eigenvalue weighted by Crippen LogP contribution is 2.35. The van der Waals surface area contributed by atoms with E-state index < -0.39 is 20.5 Å². The van der Waals surface area contributed by atoms with Crippen LogP contribution in [0.3, 0.4) is 0 Å². The summed E-state index contributed by atoms with van der Waals surface area (Å²) in [5, 5.41) is 9.06. The third-order valence-corrected chi connectivity index (χ3v) is 7.11. The number of nitrogens with zero attached hydrogens (tertiary/aromatic N) is 1. The van der Waals surface area contributed by atoms with Crippen LogP contribution in [0.2, 0.25) is 0 Å². The highest BCUT2D eigenvalue weighted by atomic mass is 32.2. The zero-order valence-electron chi connectivity index (χ0n) is 13.6. The first kappa shape index (κ1) is 17.9. The number of hydrogen-bond acceptors (Lipinski definition) is 5. The molecule has 1 heterocycles. The van der Waals surface area contributed by atoms with E-state index in [4.69, 9.17) is 5.21 Å². The van der Waals surface area contributed by atoms with Gasteiger partial charge in [-0.2, -0.15) is 0 Å². The molecular formula is C16H24N2O4S. The number of likely N-dealkylation sites (tertiary alicyclic amines) is 1. The van der Waals surface area contributed by atoms with Gasteiger partial charge in [-0.15, -0.1) is 0 Å². The minimum Gasteiger partial charge on any atom is -0.306 e. The smallest absolute Gasteiger partial charge is 0.265 e. The molecule has 0 saturated carbocycles. The molecular weight excluding hydrogens is 316 g/mol. The molecule has 6 nitrogen and oxygen atoms in total. The van der Waals surface area contributed by atoms with E-state index in [0.29, 0.717) is 13.1 Å². The molecule has 0 bridgehead atoms. The number of rotatable bonds is 5. The molecule has 1 aliphatic heterocycles. The van der Waals surface area contributed by atoms with Crippen LogP contribution in [-0.4, -0.2) is 49.3 Å². The summed E-state index contributed by atoms with van der Waals surface area (Å²) >= 11 is 0. The standard InChI is InChI=1S/C16H24N2O4S/c1-3-4-13-5-7-14(8-6-13)23(21,22)16(15(19)17-20)9-11-18(2)12-10-16/h5-8,20H,3-4,9-12H2,1-2H3,(H,17,19). The van der Waals surface area contributed by atoms with Crippen molar-refractivity contribution in [3.05, 3.63) is 29.8 Å². The number of benzene rings is 1. The Morgan fingerprint density at radius 2 is 1.83 bits per heavy atom. The third kappa shape index (κ3) is 3.27. The summed E-state index contributed by atoms with van der Waals surface area (Å²) in [5.41, 5.74) is 2.63. The number of sulfone groups is 1. The summed E-state index contributed by atoms with van der Waals surface area (Å²) in [4.78, 5) is 14.3. The number of amides is 1. The molecule has 1 aromatic carbocycles. The zero-order valence-corrected chi connectivity index (χ0v) is 14.4. The minimum absolute atomic E-state index is 0.130. The zero-order chi connectivity index (χ0) is 17.1.